The van der Waals surface area contributed by atoms with Gasteiger partial charge >= 0.3 is 0 Å². The molecule has 3 aromatic rings. The molecule has 0 spiro atoms. The van der Waals surface area contributed by atoms with Crippen molar-refractivity contribution >= 4 is 47.8 Å². The largest absolute Gasteiger partial charge is 0.0928 e. The van der Waals surface area contributed by atoms with Gasteiger partial charge in [0.05, 0.1) is 0 Å². The Morgan fingerprint density at radius 3 is 1.97 bits per heavy atom. The quantitative estimate of drug-likeness (QED) is 0.194. The van der Waals surface area contributed by atoms with Crippen LogP contribution in [0.3, 0.4) is 0 Å². The zero-order valence-electron chi connectivity index (χ0n) is 16.7. The lowest BCUT2D eigenvalue weighted by Crippen LogP contribution is -2.20. The zero-order chi connectivity index (χ0) is 20.4. The summed E-state index contributed by atoms with van der Waals surface area (Å²) in [5.41, 5.74) is 8.38. The van der Waals surface area contributed by atoms with E-state index in [0.717, 1.165) is 9.80 Å². The van der Waals surface area contributed by atoms with Gasteiger partial charge in [0.1, 0.15) is 0 Å². The van der Waals surface area contributed by atoms with Crippen molar-refractivity contribution in [2.45, 2.75) is 44.4 Å². The molecule has 0 heterocycles. The molecule has 0 bridgehead atoms. The molecule has 0 amide bonds. The number of unbranched alkanes of at least 4 members (excludes halogenated alkanes) is 3. The molecular weight excluding hydrogens is 552 g/mol. The number of benzene rings is 3. The van der Waals surface area contributed by atoms with Crippen LogP contribution in [-0.4, -0.2) is 5.33 Å². The summed E-state index contributed by atoms with van der Waals surface area (Å²) in [6.45, 7) is 2.44. The highest BCUT2D eigenvalue weighted by molar-refractivity contribution is 9.10. The topological polar surface area (TPSA) is 0 Å². The highest BCUT2D eigenvalue weighted by Crippen LogP contribution is 2.52. The summed E-state index contributed by atoms with van der Waals surface area (Å²) < 4.78 is 2.29. The van der Waals surface area contributed by atoms with Gasteiger partial charge < -0.3 is 0 Å². The molecule has 0 radical (unpaired) electrons. The molecule has 1 aliphatic carbocycles. The van der Waals surface area contributed by atoms with E-state index < -0.39 is 0 Å². The highest BCUT2D eigenvalue weighted by atomic mass is 79.9. The van der Waals surface area contributed by atoms with Crippen molar-refractivity contribution in [2.24, 2.45) is 0 Å². The van der Waals surface area contributed by atoms with E-state index >= 15 is 0 Å². The number of rotatable bonds is 7. The maximum atomic E-state index is 3.71. The molecule has 0 N–H and O–H groups in total. The molecule has 0 aliphatic heterocycles. The fourth-order valence-corrected chi connectivity index (χ4v) is 5.63. The van der Waals surface area contributed by atoms with Crippen molar-refractivity contribution in [3.63, 3.8) is 0 Å². The molecule has 3 heteroatoms. The summed E-state index contributed by atoms with van der Waals surface area (Å²) in [6.07, 6.45) is 6.32. The molecule has 150 valence electrons. The van der Waals surface area contributed by atoms with Crippen molar-refractivity contribution < 1.29 is 0 Å². The van der Waals surface area contributed by atoms with Gasteiger partial charge in [-0.1, -0.05) is 104 Å². The smallest absolute Gasteiger partial charge is 0.0187 e. The van der Waals surface area contributed by atoms with Gasteiger partial charge in [0.2, 0.25) is 0 Å². The van der Waals surface area contributed by atoms with Crippen LogP contribution in [0.25, 0.3) is 22.3 Å². The van der Waals surface area contributed by atoms with E-state index in [1.165, 1.54) is 70.0 Å². The number of alkyl halides is 1. The summed E-state index contributed by atoms with van der Waals surface area (Å²) >= 11 is 10.8. The molecule has 0 aromatic heterocycles. The summed E-state index contributed by atoms with van der Waals surface area (Å²) in [6, 6.07) is 22.5. The molecule has 4 rings (SSSR count). The first kappa shape index (κ1) is 21.3. The number of fused-ring (bicyclic) bond motifs is 3. The van der Waals surface area contributed by atoms with Crippen LogP contribution in [0.2, 0.25) is 0 Å². The Hall–Kier alpha value is -0.900. The van der Waals surface area contributed by atoms with Gasteiger partial charge in [-0.05, 0) is 76.6 Å². The van der Waals surface area contributed by atoms with Gasteiger partial charge in [-0.15, -0.1) is 0 Å². The molecular formula is C26H25Br3. The van der Waals surface area contributed by atoms with Gasteiger partial charge in [-0.3, -0.25) is 0 Å². The van der Waals surface area contributed by atoms with Crippen LogP contribution >= 0.6 is 47.8 Å². The third kappa shape index (κ3) is 4.29. The molecule has 1 aliphatic rings. The maximum Gasteiger partial charge on any atom is 0.0187 e. The average Bonchev–Trinajstić information content (AvgIpc) is 2.96. The third-order valence-corrected chi connectivity index (χ3v) is 7.80. The van der Waals surface area contributed by atoms with E-state index in [0.29, 0.717) is 0 Å². The summed E-state index contributed by atoms with van der Waals surface area (Å²) in [7, 11) is 0. The average molecular weight is 577 g/mol. The highest BCUT2D eigenvalue weighted by Gasteiger charge is 2.39. The normalized spacial score (nSPS) is 17.2. The van der Waals surface area contributed by atoms with Crippen LogP contribution in [-0.2, 0) is 5.41 Å². The van der Waals surface area contributed by atoms with Crippen molar-refractivity contribution in [1.29, 1.82) is 0 Å². The molecule has 1 atom stereocenters. The number of hydrogen-bond donors (Lipinski definition) is 0. The molecule has 29 heavy (non-hydrogen) atoms. The van der Waals surface area contributed by atoms with Crippen molar-refractivity contribution in [2.75, 3.05) is 5.33 Å². The van der Waals surface area contributed by atoms with Crippen LogP contribution < -0.4 is 0 Å². The van der Waals surface area contributed by atoms with E-state index in [-0.39, 0.29) is 5.41 Å². The Morgan fingerprint density at radius 1 is 0.655 bits per heavy atom. The van der Waals surface area contributed by atoms with Crippen molar-refractivity contribution in [1.82, 2.24) is 0 Å². The molecule has 0 fully saturated rings. The second-order valence-corrected chi connectivity index (χ2v) is 10.8. The van der Waals surface area contributed by atoms with Crippen LogP contribution in [0.5, 0.6) is 0 Å². The van der Waals surface area contributed by atoms with E-state index in [4.69, 9.17) is 0 Å². The molecule has 0 saturated carbocycles. The third-order valence-electron chi connectivity index (χ3n) is 6.22. The number of halogens is 3. The Bertz CT molecular complexity index is 1010. The predicted octanol–water partition coefficient (Wildman–Crippen LogP) is 9.51. The minimum absolute atomic E-state index is 0.0637. The van der Waals surface area contributed by atoms with E-state index in [2.05, 4.69) is 115 Å². The first-order chi connectivity index (χ1) is 14.0. The standard InChI is InChI=1S/C26H25Br3/c1-26(14-4-2-3-5-15-27)24-16-19(18-6-9-20(28)10-7-18)8-12-22(24)23-13-11-21(29)17-25(23)26/h6-13,16-17H,2-5,14-15H2,1H3. The van der Waals surface area contributed by atoms with E-state index in [1.54, 1.807) is 0 Å². The Morgan fingerprint density at radius 2 is 1.24 bits per heavy atom. The Kier molecular flexibility index (Phi) is 6.68. The molecule has 3 aromatic carbocycles. The maximum absolute atomic E-state index is 3.71. The summed E-state index contributed by atoms with van der Waals surface area (Å²) in [5, 5.41) is 1.11. The summed E-state index contributed by atoms with van der Waals surface area (Å²) in [4.78, 5) is 0. The van der Waals surface area contributed by atoms with Crippen molar-refractivity contribution in [3.05, 3.63) is 80.7 Å². The molecule has 0 nitrogen and oxygen atoms in total. The molecule has 0 saturated heterocycles. The van der Waals surface area contributed by atoms with Gasteiger partial charge in [0, 0.05) is 19.7 Å². The minimum atomic E-state index is 0.0637. The Labute approximate surface area is 199 Å². The van der Waals surface area contributed by atoms with Crippen molar-refractivity contribution in [3.8, 4) is 22.3 Å². The second-order valence-electron chi connectivity index (χ2n) is 8.14. The SMILES string of the molecule is CC1(CCCCCCBr)c2cc(Br)ccc2-c2ccc(-c3ccc(Br)cc3)cc21. The van der Waals surface area contributed by atoms with Gasteiger partial charge in [-0.25, -0.2) is 0 Å². The van der Waals surface area contributed by atoms with Gasteiger partial charge in [0.15, 0.2) is 0 Å². The second kappa shape index (κ2) is 9.08. The fourth-order valence-electron chi connectivity index (χ4n) is 4.61. The lowest BCUT2D eigenvalue weighted by atomic mass is 9.75. The monoisotopic (exact) mass is 574 g/mol. The zero-order valence-corrected chi connectivity index (χ0v) is 21.4. The lowest BCUT2D eigenvalue weighted by Gasteiger charge is -2.28. The first-order valence-electron chi connectivity index (χ1n) is 10.3. The molecule has 1 unspecified atom stereocenters. The van der Waals surface area contributed by atoms with E-state index in [1.807, 2.05) is 0 Å². The van der Waals surface area contributed by atoms with Crippen LogP contribution in [0.4, 0.5) is 0 Å². The minimum Gasteiger partial charge on any atom is -0.0928 e. The summed E-state index contributed by atoms with van der Waals surface area (Å²) in [5.74, 6) is 0. The van der Waals surface area contributed by atoms with Crippen LogP contribution in [0, 0.1) is 0 Å². The van der Waals surface area contributed by atoms with E-state index in [9.17, 15) is 0 Å². The van der Waals surface area contributed by atoms with Crippen LogP contribution in [0.15, 0.2) is 69.6 Å². The van der Waals surface area contributed by atoms with Gasteiger partial charge in [-0.2, -0.15) is 0 Å². The lowest BCUT2D eigenvalue weighted by molar-refractivity contribution is 0.487. The van der Waals surface area contributed by atoms with Crippen LogP contribution in [0.1, 0.15) is 50.2 Å². The number of hydrogen-bond acceptors (Lipinski definition) is 0. The fraction of sp³-hybridized carbons (Fsp3) is 0.308. The predicted molar refractivity (Wildman–Crippen MR) is 136 cm³/mol. The first-order valence-corrected chi connectivity index (χ1v) is 13.0. The van der Waals surface area contributed by atoms with Gasteiger partial charge in [0.25, 0.3) is 0 Å². The Balaban J connectivity index is 1.74.